The summed E-state index contributed by atoms with van der Waals surface area (Å²) in [5.74, 6) is -0.0903. The molecule has 4 heteroatoms. The van der Waals surface area contributed by atoms with Crippen molar-refractivity contribution in [3.05, 3.63) is 29.3 Å². The average Bonchev–Trinajstić information content (AvgIpc) is 2.05. The quantitative estimate of drug-likeness (QED) is 0.747. The summed E-state index contributed by atoms with van der Waals surface area (Å²) in [4.78, 5) is 0. The maximum absolute atomic E-state index is 12.3. The minimum atomic E-state index is -4.64. The van der Waals surface area contributed by atoms with Crippen LogP contribution in [-0.2, 0) is 6.42 Å². The zero-order chi connectivity index (χ0) is 13.3. The molecule has 1 nitrogen and oxygen atoms in total. The number of alkyl halides is 3. The van der Waals surface area contributed by atoms with Crippen LogP contribution < -0.4 is 4.74 Å². The average molecular weight is 246 g/mol. The number of rotatable bonds is 2. The van der Waals surface area contributed by atoms with E-state index < -0.39 is 6.36 Å². The molecule has 0 aromatic heterocycles. The van der Waals surface area contributed by atoms with E-state index in [-0.39, 0.29) is 11.2 Å². The molecule has 0 saturated carbocycles. The maximum atomic E-state index is 12.3. The lowest BCUT2D eigenvalue weighted by molar-refractivity contribution is -0.275. The van der Waals surface area contributed by atoms with Crippen molar-refractivity contribution in [2.24, 2.45) is 5.41 Å². The number of benzene rings is 1. The fourth-order valence-corrected chi connectivity index (χ4v) is 1.60. The molecule has 0 aliphatic heterocycles. The van der Waals surface area contributed by atoms with Gasteiger partial charge in [-0.25, -0.2) is 0 Å². The van der Waals surface area contributed by atoms with Gasteiger partial charge in [-0.3, -0.25) is 0 Å². The molecule has 96 valence electrons. The highest BCUT2D eigenvalue weighted by Gasteiger charge is 2.32. The Balaban J connectivity index is 3.04. The number of hydrogen-bond donors (Lipinski definition) is 0. The van der Waals surface area contributed by atoms with Crippen molar-refractivity contribution in [1.82, 2.24) is 0 Å². The van der Waals surface area contributed by atoms with E-state index in [1.807, 2.05) is 20.8 Å². The first-order valence-electron chi connectivity index (χ1n) is 5.42. The van der Waals surface area contributed by atoms with Gasteiger partial charge < -0.3 is 4.74 Å². The van der Waals surface area contributed by atoms with Crippen molar-refractivity contribution in [3.8, 4) is 5.75 Å². The first kappa shape index (κ1) is 13.9. The third-order valence-corrected chi connectivity index (χ3v) is 2.17. The molecule has 0 spiro atoms. The van der Waals surface area contributed by atoms with Gasteiger partial charge in [0.15, 0.2) is 0 Å². The summed E-state index contributed by atoms with van der Waals surface area (Å²) in [6.45, 7) is 7.67. The van der Waals surface area contributed by atoms with Gasteiger partial charge in [0.25, 0.3) is 0 Å². The van der Waals surface area contributed by atoms with Gasteiger partial charge in [0.05, 0.1) is 0 Å². The Morgan fingerprint density at radius 3 is 2.18 bits per heavy atom. The van der Waals surface area contributed by atoms with E-state index in [1.165, 1.54) is 6.07 Å². The van der Waals surface area contributed by atoms with Crippen LogP contribution in [0.5, 0.6) is 5.75 Å². The molecule has 0 saturated heterocycles. The maximum Gasteiger partial charge on any atom is 0.573 e. The highest BCUT2D eigenvalue weighted by Crippen LogP contribution is 2.31. The zero-order valence-corrected chi connectivity index (χ0v) is 10.5. The molecule has 0 unspecified atom stereocenters. The Labute approximate surface area is 99.6 Å². The van der Waals surface area contributed by atoms with E-state index in [2.05, 4.69) is 4.74 Å². The molecule has 0 atom stereocenters. The standard InChI is InChI=1S/C13H17F3O/c1-9-5-6-10(8-12(2,3)4)11(7-9)17-13(14,15)16/h5-7H,8H2,1-4H3. The zero-order valence-electron chi connectivity index (χ0n) is 10.5. The molecular formula is C13H17F3O. The summed E-state index contributed by atoms with van der Waals surface area (Å²) in [6.07, 6.45) is -4.10. The summed E-state index contributed by atoms with van der Waals surface area (Å²) >= 11 is 0. The summed E-state index contributed by atoms with van der Waals surface area (Å²) in [5.41, 5.74) is 1.25. The second-order valence-electron chi connectivity index (χ2n) is 5.40. The van der Waals surface area contributed by atoms with Crippen LogP contribution in [0.2, 0.25) is 0 Å². The SMILES string of the molecule is Cc1ccc(CC(C)(C)C)c(OC(F)(F)F)c1. The third kappa shape index (κ3) is 5.11. The summed E-state index contributed by atoms with van der Waals surface area (Å²) < 4.78 is 40.9. The van der Waals surface area contributed by atoms with Crippen molar-refractivity contribution in [2.75, 3.05) is 0 Å². The lowest BCUT2D eigenvalue weighted by Crippen LogP contribution is -2.19. The van der Waals surface area contributed by atoms with Crippen molar-refractivity contribution < 1.29 is 17.9 Å². The topological polar surface area (TPSA) is 9.23 Å². The largest absolute Gasteiger partial charge is 0.573 e. The second-order valence-corrected chi connectivity index (χ2v) is 5.40. The van der Waals surface area contributed by atoms with Gasteiger partial charge in [-0.15, -0.1) is 13.2 Å². The van der Waals surface area contributed by atoms with Crippen LogP contribution in [0.3, 0.4) is 0 Å². The van der Waals surface area contributed by atoms with E-state index in [4.69, 9.17) is 0 Å². The van der Waals surface area contributed by atoms with Crippen LogP contribution in [0.15, 0.2) is 18.2 Å². The molecule has 1 rings (SSSR count). The summed E-state index contributed by atoms with van der Waals surface area (Å²) in [6, 6.07) is 4.92. The van der Waals surface area contributed by atoms with Crippen LogP contribution in [0.1, 0.15) is 31.9 Å². The van der Waals surface area contributed by atoms with E-state index in [0.29, 0.717) is 12.0 Å². The van der Waals surface area contributed by atoms with Crippen LogP contribution in [0.25, 0.3) is 0 Å². The molecule has 1 aromatic carbocycles. The van der Waals surface area contributed by atoms with Gasteiger partial charge in [-0.1, -0.05) is 32.9 Å². The Kier molecular flexibility index (Phi) is 3.74. The summed E-state index contributed by atoms with van der Waals surface area (Å²) in [7, 11) is 0. The second kappa shape index (κ2) is 4.59. The van der Waals surface area contributed by atoms with Gasteiger partial charge >= 0.3 is 6.36 Å². The molecular weight excluding hydrogens is 229 g/mol. The first-order valence-corrected chi connectivity index (χ1v) is 5.42. The van der Waals surface area contributed by atoms with Crippen molar-refractivity contribution in [2.45, 2.75) is 40.5 Å². The van der Waals surface area contributed by atoms with Crippen LogP contribution in [0, 0.1) is 12.3 Å². The molecule has 0 heterocycles. The fourth-order valence-electron chi connectivity index (χ4n) is 1.60. The minimum Gasteiger partial charge on any atom is -0.405 e. The molecule has 0 aliphatic rings. The third-order valence-electron chi connectivity index (χ3n) is 2.17. The van der Waals surface area contributed by atoms with E-state index in [0.717, 1.165) is 5.56 Å². The summed E-state index contributed by atoms with van der Waals surface area (Å²) in [5, 5.41) is 0. The van der Waals surface area contributed by atoms with Gasteiger partial charge in [0.1, 0.15) is 5.75 Å². The van der Waals surface area contributed by atoms with E-state index in [9.17, 15) is 13.2 Å². The lowest BCUT2D eigenvalue weighted by atomic mass is 9.87. The van der Waals surface area contributed by atoms with Crippen LogP contribution in [0.4, 0.5) is 13.2 Å². The smallest absolute Gasteiger partial charge is 0.405 e. The van der Waals surface area contributed by atoms with E-state index in [1.54, 1.807) is 19.1 Å². The molecule has 1 aromatic rings. The highest BCUT2D eigenvalue weighted by atomic mass is 19.4. The van der Waals surface area contributed by atoms with Crippen molar-refractivity contribution >= 4 is 0 Å². The Bertz CT molecular complexity index is 389. The van der Waals surface area contributed by atoms with Gasteiger partial charge in [0.2, 0.25) is 0 Å². The molecule has 17 heavy (non-hydrogen) atoms. The van der Waals surface area contributed by atoms with Gasteiger partial charge in [-0.2, -0.15) is 0 Å². The molecule has 0 radical (unpaired) electrons. The normalized spacial score (nSPS) is 12.6. The predicted molar refractivity (Wildman–Crippen MR) is 61.0 cm³/mol. The van der Waals surface area contributed by atoms with Crippen LogP contribution >= 0.6 is 0 Å². The minimum absolute atomic E-state index is 0.0844. The highest BCUT2D eigenvalue weighted by molar-refractivity contribution is 5.37. The number of ether oxygens (including phenoxy) is 1. The molecule has 0 amide bonds. The molecule has 0 aliphatic carbocycles. The lowest BCUT2D eigenvalue weighted by Gasteiger charge is -2.21. The van der Waals surface area contributed by atoms with Crippen molar-refractivity contribution in [3.63, 3.8) is 0 Å². The number of hydrogen-bond acceptors (Lipinski definition) is 1. The fraction of sp³-hybridized carbons (Fsp3) is 0.538. The van der Waals surface area contributed by atoms with Crippen molar-refractivity contribution in [1.29, 1.82) is 0 Å². The first-order chi connectivity index (χ1) is 7.57. The van der Waals surface area contributed by atoms with Gasteiger partial charge in [0, 0.05) is 0 Å². The monoisotopic (exact) mass is 246 g/mol. The Morgan fingerprint density at radius 2 is 1.71 bits per heavy atom. The van der Waals surface area contributed by atoms with E-state index >= 15 is 0 Å². The van der Waals surface area contributed by atoms with Crippen LogP contribution in [-0.4, -0.2) is 6.36 Å². The Morgan fingerprint density at radius 1 is 1.12 bits per heavy atom. The molecule has 0 N–H and O–H groups in total. The predicted octanol–water partition coefficient (Wildman–Crippen LogP) is 4.48. The number of halogens is 3. The molecule has 0 bridgehead atoms. The molecule has 0 fully saturated rings. The Hall–Kier alpha value is -1.19. The number of aryl methyl sites for hydroxylation is 1. The van der Waals surface area contributed by atoms with Gasteiger partial charge in [-0.05, 0) is 36.0 Å².